The summed E-state index contributed by atoms with van der Waals surface area (Å²) in [5.41, 5.74) is 0.317. The van der Waals surface area contributed by atoms with Gasteiger partial charge in [0.25, 0.3) is 5.91 Å². The van der Waals surface area contributed by atoms with Crippen LogP contribution in [0, 0.1) is 23.6 Å². The van der Waals surface area contributed by atoms with Crippen molar-refractivity contribution in [3.05, 3.63) is 53.4 Å². The zero-order chi connectivity index (χ0) is 35.3. The van der Waals surface area contributed by atoms with Crippen molar-refractivity contribution in [1.82, 2.24) is 29.7 Å². The maximum Gasteiger partial charge on any atom is 0.434 e. The predicted octanol–water partition coefficient (Wildman–Crippen LogP) is 5.88. The molecule has 0 saturated carbocycles. The number of aromatic nitrogens is 3. The third-order valence-corrected chi connectivity index (χ3v) is 11.4. The van der Waals surface area contributed by atoms with Crippen LogP contribution in [0.2, 0.25) is 5.02 Å². The first-order chi connectivity index (χ1) is 24.7. The fourth-order valence-electron chi connectivity index (χ4n) is 8.48. The first kappa shape index (κ1) is 33.9. The zero-order valence-corrected chi connectivity index (χ0v) is 29.7. The minimum absolute atomic E-state index is 0.0173. The molecule has 4 saturated heterocycles. The van der Waals surface area contributed by atoms with Gasteiger partial charge in [-0.1, -0.05) is 47.9 Å². The number of likely N-dealkylation sites (tertiary alicyclic amines) is 2. The van der Waals surface area contributed by atoms with Crippen molar-refractivity contribution in [2.75, 3.05) is 53.4 Å². The molecule has 8 rings (SSSR count). The number of hydrogen-bond acceptors (Lipinski definition) is 7. The number of alkyl halides is 1. The second-order valence-electron chi connectivity index (χ2n) is 14.5. The minimum atomic E-state index is -0.908. The third-order valence-electron chi connectivity index (χ3n) is 11.1. The molecule has 51 heavy (non-hydrogen) atoms. The highest BCUT2D eigenvalue weighted by atomic mass is 35.5. The predicted molar refractivity (Wildman–Crippen MR) is 194 cm³/mol. The van der Waals surface area contributed by atoms with E-state index in [-0.39, 0.29) is 41.7 Å². The van der Waals surface area contributed by atoms with E-state index in [2.05, 4.69) is 31.6 Å². The van der Waals surface area contributed by atoms with Gasteiger partial charge in [0.2, 0.25) is 0 Å². The number of ether oxygens (including phenoxy) is 1. The normalized spacial score (nSPS) is 25.5. The molecule has 9 nitrogen and oxygen atoms in total. The monoisotopic (exact) mass is 712 g/mol. The highest BCUT2D eigenvalue weighted by Crippen LogP contribution is 2.41. The van der Waals surface area contributed by atoms with Gasteiger partial charge in [-0.05, 0) is 69.6 Å². The van der Waals surface area contributed by atoms with Gasteiger partial charge >= 0.3 is 11.8 Å². The molecule has 4 atom stereocenters. The van der Waals surface area contributed by atoms with Gasteiger partial charge in [-0.3, -0.25) is 19.6 Å². The van der Waals surface area contributed by atoms with E-state index in [9.17, 15) is 9.18 Å². The van der Waals surface area contributed by atoms with Crippen LogP contribution >= 0.6 is 11.6 Å². The molecule has 12 heteroatoms. The molecule has 4 aliphatic rings. The number of halogens is 3. The lowest BCUT2D eigenvalue weighted by Crippen LogP contribution is -2.43. The standard InChI is InChI=1S/C39H41ClF2N7O2/c1-46-16-5-9-28(46)12-13-32(50)48-18-14-25(22-48)21-47(2)37-30-20-43-35(29-10-3-7-26-8-4-11-31(40)33(26)29)34(42)36(30)44-38(45-37)51-24-39-15-6-17-49(39)23-27(41)19-39/h3-4,7-8,10-11,20-21,25,27-28H,5-6,9,14-19,22-24H2,1-2H3/q+1/b47-21-/t25?,27-,28?,39?/m1/s1. The minimum Gasteiger partial charge on any atom is -0.443 e. The molecule has 0 radical (unpaired) electrons. The molecule has 1 amide bonds. The Morgan fingerprint density at radius 2 is 1.98 bits per heavy atom. The largest absolute Gasteiger partial charge is 0.443 e. The second-order valence-corrected chi connectivity index (χ2v) is 14.9. The van der Waals surface area contributed by atoms with Crippen LogP contribution < -0.4 is 4.74 Å². The van der Waals surface area contributed by atoms with Crippen LogP contribution in [0.3, 0.4) is 0 Å². The molecule has 4 aromatic rings. The number of fused-ring (bicyclic) bond motifs is 3. The molecule has 0 aliphatic carbocycles. The first-order valence-electron chi connectivity index (χ1n) is 17.8. The van der Waals surface area contributed by atoms with E-state index in [1.807, 2.05) is 49.2 Å². The van der Waals surface area contributed by atoms with Crippen LogP contribution in [0.15, 0.2) is 42.6 Å². The zero-order valence-electron chi connectivity index (χ0n) is 28.9. The highest BCUT2D eigenvalue weighted by molar-refractivity contribution is 6.36. The molecular formula is C39H41ClF2N7O2+. The maximum absolute atomic E-state index is 16.8. The second kappa shape index (κ2) is 13.7. The van der Waals surface area contributed by atoms with Crippen molar-refractivity contribution in [1.29, 1.82) is 0 Å². The van der Waals surface area contributed by atoms with Crippen molar-refractivity contribution >= 4 is 51.2 Å². The van der Waals surface area contributed by atoms with Gasteiger partial charge in [-0.25, -0.2) is 13.4 Å². The van der Waals surface area contributed by atoms with Gasteiger partial charge < -0.3 is 9.64 Å². The lowest BCUT2D eigenvalue weighted by molar-refractivity contribution is -0.405. The number of amides is 1. The van der Waals surface area contributed by atoms with Crippen molar-refractivity contribution in [2.24, 2.45) is 5.92 Å². The van der Waals surface area contributed by atoms with Crippen LogP contribution in [-0.4, -0.2) is 118 Å². The quantitative estimate of drug-likeness (QED) is 0.140. The van der Waals surface area contributed by atoms with E-state index in [1.54, 1.807) is 23.2 Å². The van der Waals surface area contributed by atoms with Crippen LogP contribution in [0.4, 0.5) is 14.6 Å². The average Bonchev–Trinajstić information content (AvgIpc) is 3.91. The Labute approximate surface area is 301 Å². The number of benzene rings is 2. The fourth-order valence-corrected chi connectivity index (χ4v) is 8.76. The summed E-state index contributed by atoms with van der Waals surface area (Å²) in [6.07, 6.45) is 7.72. The lowest BCUT2D eigenvalue weighted by atomic mass is 9.95. The molecule has 2 aromatic heterocycles. The molecule has 4 aliphatic heterocycles. The Bertz CT molecular complexity index is 2110. The van der Waals surface area contributed by atoms with Crippen molar-refractivity contribution < 1.29 is 22.9 Å². The molecule has 4 fully saturated rings. The van der Waals surface area contributed by atoms with E-state index in [1.165, 1.54) is 0 Å². The number of hydrogen-bond donors (Lipinski definition) is 0. The van der Waals surface area contributed by atoms with E-state index in [4.69, 9.17) is 21.3 Å². The molecule has 6 heterocycles. The molecular weight excluding hydrogens is 672 g/mol. The molecule has 264 valence electrons. The van der Waals surface area contributed by atoms with Gasteiger partial charge in [0.05, 0.1) is 24.8 Å². The van der Waals surface area contributed by atoms with Crippen molar-refractivity contribution in [3.8, 4) is 29.1 Å². The summed E-state index contributed by atoms with van der Waals surface area (Å²) < 4.78 is 39.5. The van der Waals surface area contributed by atoms with Gasteiger partial charge in [0.1, 0.15) is 29.4 Å². The first-order valence-corrected chi connectivity index (χ1v) is 18.2. The summed E-state index contributed by atoms with van der Waals surface area (Å²) >= 11 is 6.62. The maximum atomic E-state index is 16.8. The number of nitrogens with zero attached hydrogens (tertiary/aromatic N) is 7. The SMILES string of the molecule is CN1CCCC1C#CC(=O)N1CCC(/C=[N+](/C)c2nc(OCC34CCCN3C[C@H](F)C4)nc3c(F)c(-c4cccc5cccc(Cl)c45)ncc23)C1. The number of carbonyl (C=O) groups excluding carboxylic acids is 1. The molecule has 0 spiro atoms. The summed E-state index contributed by atoms with van der Waals surface area (Å²) in [4.78, 5) is 33.1. The molecule has 2 aromatic carbocycles. The van der Waals surface area contributed by atoms with Crippen molar-refractivity contribution in [3.63, 3.8) is 0 Å². The van der Waals surface area contributed by atoms with E-state index < -0.39 is 17.5 Å². The Morgan fingerprint density at radius 1 is 1.14 bits per heavy atom. The van der Waals surface area contributed by atoms with E-state index >= 15 is 4.39 Å². The summed E-state index contributed by atoms with van der Waals surface area (Å²) in [5, 5.41) is 2.48. The lowest BCUT2D eigenvalue weighted by Gasteiger charge is -2.30. The smallest absolute Gasteiger partial charge is 0.434 e. The Kier molecular flexibility index (Phi) is 9.11. The van der Waals surface area contributed by atoms with Gasteiger partial charge in [-0.2, -0.15) is 4.98 Å². The third kappa shape index (κ3) is 6.43. The van der Waals surface area contributed by atoms with Gasteiger partial charge in [-0.15, -0.1) is 0 Å². The van der Waals surface area contributed by atoms with Crippen LogP contribution in [-0.2, 0) is 4.79 Å². The van der Waals surface area contributed by atoms with Crippen LogP contribution in [0.25, 0.3) is 32.9 Å². The van der Waals surface area contributed by atoms with Gasteiger partial charge in [0, 0.05) is 59.1 Å². The molecule has 0 N–H and O–H groups in total. The fraction of sp³-hybridized carbons (Fsp3) is 0.462. The summed E-state index contributed by atoms with van der Waals surface area (Å²) in [5.74, 6) is 5.71. The number of rotatable bonds is 6. The Hall–Kier alpha value is -4.24. The summed E-state index contributed by atoms with van der Waals surface area (Å²) in [7, 11) is 3.89. The van der Waals surface area contributed by atoms with Crippen LogP contribution in [0.1, 0.15) is 38.5 Å². The molecule has 0 bridgehead atoms. The van der Waals surface area contributed by atoms with Crippen LogP contribution in [0.5, 0.6) is 6.01 Å². The number of carbonyl (C=O) groups is 1. The summed E-state index contributed by atoms with van der Waals surface area (Å²) in [6, 6.07) is 11.3. The van der Waals surface area contributed by atoms with E-state index in [0.29, 0.717) is 53.2 Å². The number of pyridine rings is 1. The highest BCUT2D eigenvalue weighted by Gasteiger charge is 2.49. The average molecular weight is 713 g/mol. The molecule has 3 unspecified atom stereocenters. The topological polar surface area (TPSA) is 77.7 Å². The van der Waals surface area contributed by atoms with Gasteiger partial charge in [0.15, 0.2) is 5.82 Å². The Morgan fingerprint density at radius 3 is 2.80 bits per heavy atom. The van der Waals surface area contributed by atoms with E-state index in [0.717, 1.165) is 50.6 Å². The summed E-state index contributed by atoms with van der Waals surface area (Å²) in [6.45, 7) is 3.55. The van der Waals surface area contributed by atoms with Crippen molar-refractivity contribution in [2.45, 2.75) is 56.3 Å². The Balaban J connectivity index is 1.14.